The number of hydrogen-bond donors (Lipinski definition) is 0. The molecule has 0 aromatic rings. The molecule has 0 aromatic heterocycles. The third-order valence-corrected chi connectivity index (χ3v) is 0.961. The summed E-state index contributed by atoms with van der Waals surface area (Å²) in [5.41, 5.74) is 0. The van der Waals surface area contributed by atoms with Gasteiger partial charge in [-0.25, -0.2) is 0 Å². The predicted octanol–water partition coefficient (Wildman–Crippen LogP) is 3.36. The number of halogens is 9. The van der Waals surface area contributed by atoms with Gasteiger partial charge in [-0.05, 0) is 5.34 Å². The lowest BCUT2D eigenvalue weighted by Crippen LogP contribution is -2.38. The normalized spacial score (nSPS) is 15.2. The van der Waals surface area contributed by atoms with Crippen LogP contribution in [0.2, 0.25) is 0 Å². The van der Waals surface area contributed by atoms with Gasteiger partial charge in [0.2, 0.25) is 5.83 Å². The molecule has 84 valence electrons. The Kier molecular flexibility index (Phi) is 3.30. The summed E-state index contributed by atoms with van der Waals surface area (Å²) in [4.78, 5) is 0. The molecule has 0 saturated heterocycles. The van der Waals surface area contributed by atoms with Crippen molar-refractivity contribution in [1.82, 2.24) is 5.34 Å². The fourth-order valence-electron chi connectivity index (χ4n) is 0.328. The van der Waals surface area contributed by atoms with Crippen molar-refractivity contribution in [3.63, 3.8) is 0 Å². The Hall–Kier alpha value is -1.09. The topological polar surface area (TPSA) is 3.24 Å². The molecule has 0 spiro atoms. The highest BCUT2D eigenvalue weighted by Crippen LogP contribution is 2.43. The number of nitrogens with zero attached hydrogens (tertiary/aromatic N) is 1. The summed E-state index contributed by atoms with van der Waals surface area (Å²) >= 11 is 0. The van der Waals surface area contributed by atoms with Crippen LogP contribution in [-0.4, -0.2) is 17.4 Å². The van der Waals surface area contributed by atoms with Gasteiger partial charge in [0.15, 0.2) is 0 Å². The predicted molar refractivity (Wildman–Crippen MR) is 24.3 cm³/mol. The van der Waals surface area contributed by atoms with E-state index in [-0.39, 0.29) is 0 Å². The lowest BCUT2D eigenvalue weighted by atomic mass is 10.3. The van der Waals surface area contributed by atoms with Crippen molar-refractivity contribution in [3.8, 4) is 0 Å². The molecular weight excluding hydrogens is 233 g/mol. The zero-order valence-corrected chi connectivity index (χ0v) is 5.85. The van der Waals surface area contributed by atoms with Crippen LogP contribution in [0.25, 0.3) is 0 Å². The van der Waals surface area contributed by atoms with Gasteiger partial charge in [0.05, 0.1) is 0 Å². The van der Waals surface area contributed by atoms with Crippen LogP contribution in [0.5, 0.6) is 0 Å². The van der Waals surface area contributed by atoms with E-state index in [1.807, 2.05) is 0 Å². The Morgan fingerprint density at radius 2 is 1.21 bits per heavy atom. The Morgan fingerprint density at radius 3 is 1.43 bits per heavy atom. The minimum atomic E-state index is -6.48. The monoisotopic (exact) mass is 233 g/mol. The number of hydrogen-bond acceptors (Lipinski definition) is 1. The molecule has 10 heteroatoms. The molecule has 0 N–H and O–H groups in total. The SMILES string of the molecule is FC(=C(F)C(F)(F)C(F)(F)F)N(F)F. The third kappa shape index (κ3) is 2.23. The quantitative estimate of drug-likeness (QED) is 0.401. The molecule has 0 heterocycles. The molecule has 0 aliphatic rings. The Balaban J connectivity index is 5.22. The lowest BCUT2D eigenvalue weighted by molar-refractivity contribution is -0.274. The van der Waals surface area contributed by atoms with E-state index in [9.17, 15) is 39.7 Å². The van der Waals surface area contributed by atoms with Crippen molar-refractivity contribution in [3.05, 3.63) is 11.8 Å². The smallest absolute Gasteiger partial charge is 0.199 e. The minimum Gasteiger partial charge on any atom is -0.199 e. The maximum Gasteiger partial charge on any atom is 0.460 e. The summed E-state index contributed by atoms with van der Waals surface area (Å²) in [6.45, 7) is 0. The Morgan fingerprint density at radius 1 is 0.857 bits per heavy atom. The third-order valence-electron chi connectivity index (χ3n) is 0.961. The Labute approximate surface area is 70.3 Å². The van der Waals surface area contributed by atoms with Gasteiger partial charge in [-0.1, -0.05) is 8.96 Å². The van der Waals surface area contributed by atoms with Crippen molar-refractivity contribution in [2.75, 3.05) is 0 Å². The highest BCUT2D eigenvalue weighted by molar-refractivity contribution is 5.10. The maximum absolute atomic E-state index is 11.8. The summed E-state index contributed by atoms with van der Waals surface area (Å²) in [5.74, 6) is -13.8. The zero-order valence-electron chi connectivity index (χ0n) is 5.85. The van der Waals surface area contributed by atoms with Crippen LogP contribution in [0, 0.1) is 0 Å². The van der Waals surface area contributed by atoms with Gasteiger partial charge >= 0.3 is 12.1 Å². The van der Waals surface area contributed by atoms with Crippen molar-refractivity contribution in [2.24, 2.45) is 0 Å². The van der Waals surface area contributed by atoms with Crippen molar-refractivity contribution in [2.45, 2.75) is 12.1 Å². The Bertz CT molecular complexity index is 238. The average molecular weight is 233 g/mol. The molecule has 0 saturated carbocycles. The van der Waals surface area contributed by atoms with E-state index in [0.29, 0.717) is 0 Å². The average Bonchev–Trinajstić information content (AvgIpc) is 1.99. The number of allylic oxidation sites excluding steroid dienone is 1. The fraction of sp³-hybridized carbons (Fsp3) is 0.500. The molecular formula is C4F9N. The van der Waals surface area contributed by atoms with E-state index in [1.54, 1.807) is 0 Å². The highest BCUT2D eigenvalue weighted by atomic mass is 19.4. The van der Waals surface area contributed by atoms with Crippen LogP contribution in [0.15, 0.2) is 11.8 Å². The molecule has 0 bridgehead atoms. The molecule has 0 aromatic carbocycles. The summed E-state index contributed by atoms with van der Waals surface area (Å²) in [7, 11) is 0. The van der Waals surface area contributed by atoms with Crippen LogP contribution in [0.3, 0.4) is 0 Å². The van der Waals surface area contributed by atoms with Gasteiger partial charge in [-0.3, -0.25) is 0 Å². The van der Waals surface area contributed by atoms with Gasteiger partial charge in [0.1, 0.15) is 0 Å². The number of rotatable bonds is 2. The molecule has 0 amide bonds. The van der Waals surface area contributed by atoms with E-state index >= 15 is 0 Å². The molecule has 0 atom stereocenters. The molecule has 0 fully saturated rings. The zero-order chi connectivity index (χ0) is 11.7. The van der Waals surface area contributed by atoms with Gasteiger partial charge in [0, 0.05) is 0 Å². The van der Waals surface area contributed by atoms with Crippen LogP contribution >= 0.6 is 0 Å². The summed E-state index contributed by atoms with van der Waals surface area (Å²) in [6.07, 6.45) is -6.48. The molecule has 1 nitrogen and oxygen atoms in total. The highest BCUT2D eigenvalue weighted by Gasteiger charge is 2.63. The van der Waals surface area contributed by atoms with Crippen molar-refractivity contribution in [1.29, 1.82) is 0 Å². The van der Waals surface area contributed by atoms with Crippen LogP contribution in [-0.2, 0) is 0 Å². The summed E-state index contributed by atoms with van der Waals surface area (Å²) < 4.78 is 103. The van der Waals surface area contributed by atoms with Gasteiger partial charge in [0.25, 0.3) is 5.95 Å². The second-order valence-electron chi connectivity index (χ2n) is 1.91. The number of alkyl halides is 5. The maximum atomic E-state index is 11.8. The lowest BCUT2D eigenvalue weighted by Gasteiger charge is -2.17. The second kappa shape index (κ2) is 3.58. The molecule has 0 aliphatic heterocycles. The van der Waals surface area contributed by atoms with Crippen LogP contribution in [0.1, 0.15) is 0 Å². The van der Waals surface area contributed by atoms with Crippen LogP contribution < -0.4 is 0 Å². The van der Waals surface area contributed by atoms with E-state index in [1.165, 1.54) is 0 Å². The molecule has 0 rings (SSSR count). The van der Waals surface area contributed by atoms with Crippen molar-refractivity contribution >= 4 is 0 Å². The van der Waals surface area contributed by atoms with Gasteiger partial charge < -0.3 is 0 Å². The molecule has 14 heavy (non-hydrogen) atoms. The van der Waals surface area contributed by atoms with E-state index in [2.05, 4.69) is 0 Å². The molecule has 0 radical (unpaired) electrons. The summed E-state index contributed by atoms with van der Waals surface area (Å²) in [6, 6.07) is 0. The van der Waals surface area contributed by atoms with Gasteiger partial charge in [-0.15, -0.1) is 0 Å². The van der Waals surface area contributed by atoms with E-state index in [0.717, 1.165) is 0 Å². The van der Waals surface area contributed by atoms with E-state index in [4.69, 9.17) is 0 Å². The largest absolute Gasteiger partial charge is 0.460 e. The first kappa shape index (κ1) is 12.9. The molecule has 0 aliphatic carbocycles. The summed E-state index contributed by atoms with van der Waals surface area (Å²) in [5, 5.41) is -2.82. The van der Waals surface area contributed by atoms with E-state index < -0.39 is 29.2 Å². The minimum absolute atomic E-state index is 2.82. The van der Waals surface area contributed by atoms with Crippen molar-refractivity contribution < 1.29 is 39.7 Å². The second-order valence-corrected chi connectivity index (χ2v) is 1.91. The van der Waals surface area contributed by atoms with Gasteiger partial charge in [-0.2, -0.15) is 30.7 Å². The standard InChI is InChI=1S/C4F9N/c5-1(2(6)14(12)13)3(7,8)4(9,10)11. The fourth-order valence-corrected chi connectivity index (χ4v) is 0.328. The van der Waals surface area contributed by atoms with Crippen LogP contribution in [0.4, 0.5) is 39.7 Å². The first-order valence-corrected chi connectivity index (χ1v) is 2.63. The molecule has 0 unspecified atom stereocenters. The first-order valence-electron chi connectivity index (χ1n) is 2.63. The first-order chi connectivity index (χ1) is 6.01.